The van der Waals surface area contributed by atoms with Crippen LogP contribution in [0.2, 0.25) is 0 Å². The zero-order chi connectivity index (χ0) is 5.82. The van der Waals surface area contributed by atoms with E-state index in [9.17, 15) is 0 Å². The molecule has 0 saturated carbocycles. The van der Waals surface area contributed by atoms with Crippen molar-refractivity contribution in [3.63, 3.8) is 0 Å². The van der Waals surface area contributed by atoms with Crippen molar-refractivity contribution in [3.05, 3.63) is 30.3 Å². The van der Waals surface area contributed by atoms with E-state index in [0.29, 0.717) is 0 Å². The van der Waals surface area contributed by atoms with Crippen LogP contribution in [-0.2, 0) is 0 Å². The molecule has 41 valence electrons. The van der Waals surface area contributed by atoms with Gasteiger partial charge in [0.2, 0.25) is 0 Å². The summed E-state index contributed by atoms with van der Waals surface area (Å²) in [4.78, 5) is 0. The summed E-state index contributed by atoms with van der Waals surface area (Å²) in [6, 6.07) is 10.3. The monoisotopic (exact) mass is 233 g/mol. The predicted octanol–water partition coefficient (Wildman–Crippen LogP) is 0.902. The fraction of sp³-hybridized carbons (Fsp3) is 0. The third kappa shape index (κ3) is 1.67. The number of halogens is 1. The fourth-order valence-electron chi connectivity index (χ4n) is 0.526. The molecule has 0 nitrogen and oxygen atoms in total. The Morgan fingerprint density at radius 1 is 1.12 bits per heavy atom. The normalized spacial score (nSPS) is 9.12. The molecule has 1 aromatic carbocycles. The van der Waals surface area contributed by atoms with Gasteiger partial charge in [0.25, 0.3) is 0 Å². The van der Waals surface area contributed by atoms with Crippen LogP contribution in [-0.4, -0.2) is 20.0 Å². The second-order valence-electron chi connectivity index (χ2n) is 1.52. The summed E-state index contributed by atoms with van der Waals surface area (Å²) in [6.07, 6.45) is 0. The van der Waals surface area contributed by atoms with Gasteiger partial charge in [-0.05, 0) is 0 Å². The number of rotatable bonds is 1. The van der Waals surface area contributed by atoms with E-state index in [0.717, 1.165) is 0 Å². The zero-order valence-electron chi connectivity index (χ0n) is 4.34. The van der Waals surface area contributed by atoms with Gasteiger partial charge in [0.05, 0.1) is 0 Å². The Bertz CT molecular complexity index is 150. The van der Waals surface area contributed by atoms with Crippen molar-refractivity contribution in [2.24, 2.45) is 0 Å². The van der Waals surface area contributed by atoms with Crippen LogP contribution < -0.4 is 3.58 Å². The minimum atomic E-state index is -0.822. The van der Waals surface area contributed by atoms with E-state index in [1.807, 2.05) is 18.2 Å². The number of benzene rings is 1. The molecule has 0 heterocycles. The fourth-order valence-corrected chi connectivity index (χ4v) is 2.55. The molecule has 0 aromatic heterocycles. The average molecular weight is 232 g/mol. The number of hydrogen-bond donors (Lipinski definition) is 0. The van der Waals surface area contributed by atoms with Crippen LogP contribution in [0.5, 0.6) is 0 Å². The Balaban J connectivity index is 2.83. The van der Waals surface area contributed by atoms with Crippen LogP contribution in [0.15, 0.2) is 30.3 Å². The van der Waals surface area contributed by atoms with Gasteiger partial charge in [-0.25, -0.2) is 0 Å². The first-order valence-electron chi connectivity index (χ1n) is 2.42. The summed E-state index contributed by atoms with van der Waals surface area (Å²) in [5, 5.41) is 0. The third-order valence-corrected chi connectivity index (χ3v) is 4.43. The first-order valence-corrected chi connectivity index (χ1v) is 8.24. The quantitative estimate of drug-likeness (QED) is 0.631. The summed E-state index contributed by atoms with van der Waals surface area (Å²) in [5.74, 6) is 0. The van der Waals surface area contributed by atoms with Crippen molar-refractivity contribution >= 4 is 32.5 Å². The summed E-state index contributed by atoms with van der Waals surface area (Å²) in [6.45, 7) is 0. The molecule has 0 aliphatic heterocycles. The molecule has 1 radical (unpaired) electrons. The molecular weight excluding hydrogens is 226 g/mol. The van der Waals surface area contributed by atoms with Crippen molar-refractivity contribution in [1.82, 2.24) is 0 Å². The molecule has 1 aromatic rings. The Labute approximate surface area is 62.8 Å². The molecule has 0 amide bonds. The Kier molecular flexibility index (Phi) is 2.70. The van der Waals surface area contributed by atoms with Crippen LogP contribution in [0.4, 0.5) is 0 Å². The van der Waals surface area contributed by atoms with Gasteiger partial charge in [-0.3, -0.25) is 0 Å². The molecule has 1 rings (SSSR count). The topological polar surface area (TPSA) is 0 Å². The molecule has 0 atom stereocenters. The molecule has 2 heteroatoms. The molecule has 0 unspecified atom stereocenters. The van der Waals surface area contributed by atoms with Crippen molar-refractivity contribution < 1.29 is 0 Å². The summed E-state index contributed by atoms with van der Waals surface area (Å²) in [5.41, 5.74) is 0. The van der Waals surface area contributed by atoms with E-state index in [1.165, 1.54) is 3.58 Å². The number of hydrogen-bond acceptors (Lipinski definition) is 0. The van der Waals surface area contributed by atoms with Crippen LogP contribution in [0.25, 0.3) is 0 Å². The minimum absolute atomic E-state index is 0.822. The molecule has 0 bridgehead atoms. The molecule has 0 saturated heterocycles. The van der Waals surface area contributed by atoms with Gasteiger partial charge in [0, 0.05) is 0 Å². The van der Waals surface area contributed by atoms with Crippen LogP contribution in [0, 0.1) is 0 Å². The SMILES string of the molecule is [Cl][SnH][c]1ccccc1. The summed E-state index contributed by atoms with van der Waals surface area (Å²) < 4.78 is 1.37. The van der Waals surface area contributed by atoms with Crippen LogP contribution in [0.1, 0.15) is 0 Å². The van der Waals surface area contributed by atoms with Gasteiger partial charge in [-0.2, -0.15) is 0 Å². The van der Waals surface area contributed by atoms with E-state index < -0.39 is 20.0 Å². The van der Waals surface area contributed by atoms with Gasteiger partial charge < -0.3 is 0 Å². The Morgan fingerprint density at radius 2 is 1.75 bits per heavy atom. The third-order valence-electron chi connectivity index (χ3n) is 0.926. The van der Waals surface area contributed by atoms with Gasteiger partial charge >= 0.3 is 62.8 Å². The van der Waals surface area contributed by atoms with Crippen molar-refractivity contribution in [2.75, 3.05) is 0 Å². The van der Waals surface area contributed by atoms with E-state index in [1.54, 1.807) is 0 Å². The molecule has 0 N–H and O–H groups in total. The van der Waals surface area contributed by atoms with E-state index in [-0.39, 0.29) is 0 Å². The second kappa shape index (κ2) is 3.36. The molecule has 8 heavy (non-hydrogen) atoms. The average Bonchev–Trinajstić information content (AvgIpc) is 1.90. The van der Waals surface area contributed by atoms with Gasteiger partial charge in [0.15, 0.2) is 0 Å². The maximum absolute atomic E-state index is 5.72. The Hall–Kier alpha value is 0.309. The van der Waals surface area contributed by atoms with Crippen molar-refractivity contribution in [2.45, 2.75) is 0 Å². The van der Waals surface area contributed by atoms with Crippen LogP contribution >= 0.6 is 8.92 Å². The first-order chi connectivity index (χ1) is 3.93. The maximum atomic E-state index is 5.72. The molecule has 0 spiro atoms. The van der Waals surface area contributed by atoms with Crippen LogP contribution in [0.3, 0.4) is 0 Å². The van der Waals surface area contributed by atoms with E-state index >= 15 is 0 Å². The van der Waals surface area contributed by atoms with Gasteiger partial charge in [-0.15, -0.1) is 0 Å². The van der Waals surface area contributed by atoms with Gasteiger partial charge in [-0.1, -0.05) is 0 Å². The second-order valence-corrected chi connectivity index (χ2v) is 5.51. The predicted molar refractivity (Wildman–Crippen MR) is 39.1 cm³/mol. The summed E-state index contributed by atoms with van der Waals surface area (Å²) in [7, 11) is 5.72. The summed E-state index contributed by atoms with van der Waals surface area (Å²) >= 11 is -0.822. The Morgan fingerprint density at radius 3 is 2.12 bits per heavy atom. The molecule has 0 aliphatic rings. The standard InChI is InChI=1S/C6H5.ClH.Sn.H/c1-2-4-6-5-3-1;;;/h1-5H;1H;;/q;;+1;/p-1. The van der Waals surface area contributed by atoms with Crippen molar-refractivity contribution in [1.29, 1.82) is 0 Å². The van der Waals surface area contributed by atoms with Crippen molar-refractivity contribution in [3.8, 4) is 0 Å². The first kappa shape index (κ1) is 6.43. The van der Waals surface area contributed by atoms with E-state index in [2.05, 4.69) is 12.1 Å². The zero-order valence-corrected chi connectivity index (χ0v) is 8.39. The van der Waals surface area contributed by atoms with Gasteiger partial charge in [0.1, 0.15) is 0 Å². The van der Waals surface area contributed by atoms with E-state index in [4.69, 9.17) is 8.92 Å². The molecule has 0 fully saturated rings. The molecule has 0 aliphatic carbocycles. The molecular formula is C6H6ClSn.